The van der Waals surface area contributed by atoms with Gasteiger partial charge in [0.05, 0.1) is 4.90 Å². The molecule has 0 unspecified atom stereocenters. The molecule has 2 rings (SSSR count). The first-order chi connectivity index (χ1) is 10.9. The minimum absolute atomic E-state index is 0.0534. The Hall–Kier alpha value is -2.55. The smallest absolute Gasteiger partial charge is 0.319 e. The van der Waals surface area contributed by atoms with Crippen molar-refractivity contribution in [3.05, 3.63) is 36.1 Å². The number of carbonyl (C=O) groups is 1. The van der Waals surface area contributed by atoms with Crippen molar-refractivity contribution in [1.29, 1.82) is 0 Å². The van der Waals surface area contributed by atoms with E-state index in [0.29, 0.717) is 18.0 Å². The fraction of sp³-hybridized carbons (Fsp3) is 0.286. The molecule has 0 aliphatic rings. The third-order valence-electron chi connectivity index (χ3n) is 2.82. The van der Waals surface area contributed by atoms with Crippen molar-refractivity contribution >= 4 is 27.6 Å². The lowest BCUT2D eigenvalue weighted by atomic mass is 10.3. The van der Waals surface area contributed by atoms with Crippen LogP contribution in [0, 0.1) is 6.92 Å². The van der Waals surface area contributed by atoms with Crippen LogP contribution in [0.2, 0.25) is 0 Å². The van der Waals surface area contributed by atoms with Crippen LogP contribution in [0.5, 0.6) is 0 Å². The number of nitrogens with one attached hydrogen (secondary N) is 3. The van der Waals surface area contributed by atoms with E-state index >= 15 is 0 Å². The van der Waals surface area contributed by atoms with Crippen LogP contribution in [0.1, 0.15) is 19.1 Å². The zero-order chi connectivity index (χ0) is 16.9. The Balaban J connectivity index is 2.04. The molecular weight excluding hydrogens is 320 g/mol. The van der Waals surface area contributed by atoms with E-state index in [9.17, 15) is 13.2 Å². The Kier molecular flexibility index (Phi) is 5.22. The van der Waals surface area contributed by atoms with Crippen LogP contribution >= 0.6 is 0 Å². The van der Waals surface area contributed by atoms with E-state index in [2.05, 4.69) is 20.5 Å². The van der Waals surface area contributed by atoms with Gasteiger partial charge in [-0.2, -0.15) is 0 Å². The summed E-state index contributed by atoms with van der Waals surface area (Å²) < 4.78 is 31.5. The third-order valence-corrected chi connectivity index (χ3v) is 4.20. The highest BCUT2D eigenvalue weighted by Crippen LogP contribution is 2.18. The van der Waals surface area contributed by atoms with Crippen LogP contribution in [0.25, 0.3) is 0 Å². The zero-order valence-corrected chi connectivity index (χ0v) is 13.6. The maximum atomic E-state index is 12.2. The molecule has 124 valence electrons. The molecule has 0 atom stereocenters. The molecule has 8 nitrogen and oxygen atoms in total. The molecule has 1 aromatic heterocycles. The average Bonchev–Trinajstić information content (AvgIpc) is 2.90. The van der Waals surface area contributed by atoms with Gasteiger partial charge in [-0.1, -0.05) is 12.1 Å². The molecular formula is C14H18N4O4S. The first-order valence-corrected chi connectivity index (χ1v) is 8.50. The van der Waals surface area contributed by atoms with Gasteiger partial charge in [0.15, 0.2) is 5.82 Å². The van der Waals surface area contributed by atoms with Crippen LogP contribution in [-0.2, 0) is 10.0 Å². The highest BCUT2D eigenvalue weighted by Gasteiger charge is 2.16. The first kappa shape index (κ1) is 16.8. The molecule has 0 spiro atoms. The standard InChI is InChI=1S/C14H18N4O4S/c1-3-8-15-14(19)16-11-4-6-12(7-5-11)23(20,21)18-13-9-10(2)22-17-13/h4-7,9H,3,8H2,1-2H3,(H,17,18)(H2,15,16,19). The minimum atomic E-state index is -3.76. The summed E-state index contributed by atoms with van der Waals surface area (Å²) in [5.74, 6) is 0.615. The normalized spacial score (nSPS) is 11.0. The van der Waals surface area contributed by atoms with Gasteiger partial charge in [0, 0.05) is 18.3 Å². The fourth-order valence-corrected chi connectivity index (χ4v) is 2.73. The van der Waals surface area contributed by atoms with Crippen LogP contribution in [-0.4, -0.2) is 26.2 Å². The number of urea groups is 1. The maximum absolute atomic E-state index is 12.2. The summed E-state index contributed by atoms with van der Waals surface area (Å²) in [5.41, 5.74) is 0.495. The van der Waals surface area contributed by atoms with E-state index in [1.165, 1.54) is 30.3 Å². The Morgan fingerprint density at radius 2 is 1.96 bits per heavy atom. The van der Waals surface area contributed by atoms with Gasteiger partial charge in [-0.05, 0) is 37.6 Å². The number of anilines is 2. The molecule has 23 heavy (non-hydrogen) atoms. The van der Waals surface area contributed by atoms with Gasteiger partial charge in [-0.3, -0.25) is 4.72 Å². The highest BCUT2D eigenvalue weighted by atomic mass is 32.2. The number of nitrogens with zero attached hydrogens (tertiary/aromatic N) is 1. The van der Waals surface area contributed by atoms with E-state index in [0.717, 1.165) is 6.42 Å². The lowest BCUT2D eigenvalue weighted by Gasteiger charge is -2.08. The molecule has 0 saturated heterocycles. The quantitative estimate of drug-likeness (QED) is 0.748. The molecule has 3 N–H and O–H groups in total. The Morgan fingerprint density at radius 3 is 2.52 bits per heavy atom. The first-order valence-electron chi connectivity index (χ1n) is 7.02. The van der Waals surface area contributed by atoms with Crippen molar-refractivity contribution in [3.63, 3.8) is 0 Å². The topological polar surface area (TPSA) is 113 Å². The van der Waals surface area contributed by atoms with Gasteiger partial charge in [0.2, 0.25) is 0 Å². The van der Waals surface area contributed by atoms with Crippen molar-refractivity contribution < 1.29 is 17.7 Å². The average molecular weight is 338 g/mol. The molecule has 1 heterocycles. The number of amides is 2. The number of carbonyl (C=O) groups excluding carboxylic acids is 1. The summed E-state index contributed by atoms with van der Waals surface area (Å²) in [5, 5.41) is 8.86. The van der Waals surface area contributed by atoms with Gasteiger partial charge in [-0.15, -0.1) is 0 Å². The number of benzene rings is 1. The van der Waals surface area contributed by atoms with Crippen LogP contribution < -0.4 is 15.4 Å². The number of rotatable bonds is 6. The molecule has 2 amide bonds. The number of aromatic nitrogens is 1. The summed E-state index contributed by atoms with van der Waals surface area (Å²) in [4.78, 5) is 11.6. The SMILES string of the molecule is CCCNC(=O)Nc1ccc(S(=O)(=O)Nc2cc(C)on2)cc1. The molecule has 0 aliphatic carbocycles. The van der Waals surface area contributed by atoms with Crippen LogP contribution in [0.15, 0.2) is 39.8 Å². The monoisotopic (exact) mass is 338 g/mol. The summed E-state index contributed by atoms with van der Waals surface area (Å²) in [6.45, 7) is 4.18. The Morgan fingerprint density at radius 1 is 1.26 bits per heavy atom. The van der Waals surface area contributed by atoms with Crippen molar-refractivity contribution in [1.82, 2.24) is 10.5 Å². The summed E-state index contributed by atoms with van der Waals surface area (Å²) in [6.07, 6.45) is 0.831. The van der Waals surface area contributed by atoms with Crippen molar-refractivity contribution in [2.75, 3.05) is 16.6 Å². The Bertz CT molecular complexity index is 768. The second-order valence-electron chi connectivity index (χ2n) is 4.83. The van der Waals surface area contributed by atoms with Crippen LogP contribution in [0.3, 0.4) is 0 Å². The van der Waals surface area contributed by atoms with E-state index < -0.39 is 10.0 Å². The van der Waals surface area contributed by atoms with Crippen molar-refractivity contribution in [2.24, 2.45) is 0 Å². The van der Waals surface area contributed by atoms with Crippen molar-refractivity contribution in [3.8, 4) is 0 Å². The highest BCUT2D eigenvalue weighted by molar-refractivity contribution is 7.92. The number of sulfonamides is 1. The fourth-order valence-electron chi connectivity index (χ4n) is 1.74. The summed E-state index contributed by atoms with van der Waals surface area (Å²) >= 11 is 0. The molecule has 1 aromatic carbocycles. The predicted octanol–water partition coefficient (Wildman–Crippen LogP) is 2.32. The number of hydrogen-bond acceptors (Lipinski definition) is 5. The van der Waals surface area contributed by atoms with Gasteiger partial charge >= 0.3 is 6.03 Å². The predicted molar refractivity (Wildman–Crippen MR) is 85.8 cm³/mol. The van der Waals surface area contributed by atoms with E-state index in [4.69, 9.17) is 4.52 Å². The van der Waals surface area contributed by atoms with E-state index in [-0.39, 0.29) is 16.7 Å². The summed E-state index contributed by atoms with van der Waals surface area (Å²) in [7, 11) is -3.76. The van der Waals surface area contributed by atoms with E-state index in [1.807, 2.05) is 6.92 Å². The zero-order valence-electron chi connectivity index (χ0n) is 12.8. The molecule has 0 aliphatic heterocycles. The minimum Gasteiger partial charge on any atom is -0.360 e. The third kappa shape index (κ3) is 4.71. The Labute approximate surface area is 134 Å². The van der Waals surface area contributed by atoms with E-state index in [1.54, 1.807) is 6.92 Å². The van der Waals surface area contributed by atoms with Gasteiger partial charge in [0.1, 0.15) is 5.76 Å². The largest absolute Gasteiger partial charge is 0.360 e. The lowest BCUT2D eigenvalue weighted by molar-refractivity contribution is 0.252. The second-order valence-corrected chi connectivity index (χ2v) is 6.52. The summed E-state index contributed by atoms with van der Waals surface area (Å²) in [6, 6.07) is 6.95. The number of aryl methyl sites for hydroxylation is 1. The lowest BCUT2D eigenvalue weighted by Crippen LogP contribution is -2.29. The molecule has 0 radical (unpaired) electrons. The molecule has 9 heteroatoms. The molecule has 0 bridgehead atoms. The second kappa shape index (κ2) is 7.14. The molecule has 0 saturated carbocycles. The number of hydrogen-bond donors (Lipinski definition) is 3. The van der Waals surface area contributed by atoms with Crippen LogP contribution in [0.4, 0.5) is 16.3 Å². The van der Waals surface area contributed by atoms with Gasteiger partial charge in [-0.25, -0.2) is 13.2 Å². The van der Waals surface area contributed by atoms with Gasteiger partial charge < -0.3 is 15.2 Å². The van der Waals surface area contributed by atoms with Gasteiger partial charge in [0.25, 0.3) is 10.0 Å². The van der Waals surface area contributed by atoms with Crippen molar-refractivity contribution in [2.45, 2.75) is 25.2 Å². The molecule has 0 fully saturated rings. The molecule has 2 aromatic rings. The maximum Gasteiger partial charge on any atom is 0.319 e.